The number of carbonyl (C=O) groups is 1. The van der Waals surface area contributed by atoms with Crippen LogP contribution in [-0.4, -0.2) is 21.1 Å². The Labute approximate surface area is 97.1 Å². The minimum absolute atomic E-state index is 0.0300. The molecule has 0 saturated heterocycles. The average Bonchev–Trinajstić information content (AvgIpc) is 2.70. The van der Waals surface area contributed by atoms with Gasteiger partial charge in [0.05, 0.1) is 0 Å². The summed E-state index contributed by atoms with van der Waals surface area (Å²) in [7, 11) is 0. The van der Waals surface area contributed by atoms with Gasteiger partial charge < -0.3 is 5.32 Å². The molecule has 0 unspecified atom stereocenters. The fourth-order valence-electron chi connectivity index (χ4n) is 1.56. The van der Waals surface area contributed by atoms with Crippen LogP contribution in [0.1, 0.15) is 21.7 Å². The van der Waals surface area contributed by atoms with Crippen molar-refractivity contribution < 1.29 is 4.79 Å². The number of carbonyl (C=O) groups excluding carboxylic acids is 1. The number of nitrogens with one attached hydrogen (secondary N) is 3. The van der Waals surface area contributed by atoms with Crippen molar-refractivity contribution in [2.45, 2.75) is 13.8 Å². The van der Waals surface area contributed by atoms with E-state index in [1.165, 1.54) is 0 Å². The Balaban J connectivity index is 2.27. The number of anilines is 1. The van der Waals surface area contributed by atoms with Crippen LogP contribution in [0.3, 0.4) is 0 Å². The van der Waals surface area contributed by atoms with Gasteiger partial charge in [0.25, 0.3) is 5.91 Å². The van der Waals surface area contributed by atoms with Gasteiger partial charge in [0.2, 0.25) is 5.82 Å². The first kappa shape index (κ1) is 11.1. The Morgan fingerprint density at radius 3 is 2.47 bits per heavy atom. The second kappa shape index (κ2) is 4.25. The Morgan fingerprint density at radius 2 is 1.94 bits per heavy atom. The van der Waals surface area contributed by atoms with Crippen LogP contribution in [-0.2, 0) is 0 Å². The van der Waals surface area contributed by atoms with E-state index < -0.39 is 11.6 Å². The van der Waals surface area contributed by atoms with Crippen molar-refractivity contribution in [2.75, 3.05) is 5.32 Å². The Morgan fingerprint density at radius 1 is 1.29 bits per heavy atom. The Bertz CT molecular complexity index is 592. The second-order valence-corrected chi connectivity index (χ2v) is 3.75. The molecule has 0 fully saturated rings. The Kier molecular flexibility index (Phi) is 2.78. The minimum atomic E-state index is -0.503. The van der Waals surface area contributed by atoms with Gasteiger partial charge >= 0.3 is 5.69 Å². The molecule has 17 heavy (non-hydrogen) atoms. The van der Waals surface area contributed by atoms with Gasteiger partial charge in [-0.1, -0.05) is 18.2 Å². The third-order valence-corrected chi connectivity index (χ3v) is 2.44. The number of amides is 1. The molecular weight excluding hydrogens is 220 g/mol. The number of aryl methyl sites for hydroxylation is 2. The van der Waals surface area contributed by atoms with Gasteiger partial charge in [-0.3, -0.25) is 9.78 Å². The van der Waals surface area contributed by atoms with E-state index in [0.29, 0.717) is 0 Å². The molecule has 0 aliphatic rings. The Hall–Kier alpha value is -2.37. The molecule has 2 rings (SSSR count). The average molecular weight is 232 g/mol. The molecule has 0 spiro atoms. The van der Waals surface area contributed by atoms with Crippen molar-refractivity contribution >= 4 is 11.6 Å². The van der Waals surface area contributed by atoms with E-state index >= 15 is 0 Å². The summed E-state index contributed by atoms with van der Waals surface area (Å²) in [6.45, 7) is 3.80. The van der Waals surface area contributed by atoms with Crippen molar-refractivity contribution in [3.05, 3.63) is 45.6 Å². The van der Waals surface area contributed by atoms with Crippen LogP contribution < -0.4 is 11.0 Å². The summed E-state index contributed by atoms with van der Waals surface area (Å²) in [6, 6.07) is 5.71. The highest BCUT2D eigenvalue weighted by Crippen LogP contribution is 2.19. The second-order valence-electron chi connectivity index (χ2n) is 3.75. The molecule has 1 aromatic heterocycles. The zero-order chi connectivity index (χ0) is 12.4. The number of para-hydroxylation sites is 1. The number of nitrogens with zero attached hydrogens (tertiary/aromatic N) is 1. The number of aromatic nitrogens is 3. The van der Waals surface area contributed by atoms with Gasteiger partial charge in [-0.15, -0.1) is 5.10 Å². The molecule has 1 heterocycles. The van der Waals surface area contributed by atoms with Gasteiger partial charge in [-0.2, -0.15) is 0 Å². The molecule has 3 N–H and O–H groups in total. The third-order valence-electron chi connectivity index (χ3n) is 2.44. The van der Waals surface area contributed by atoms with Crippen molar-refractivity contribution in [3.63, 3.8) is 0 Å². The summed E-state index contributed by atoms with van der Waals surface area (Å²) in [5.41, 5.74) is 2.14. The number of benzene rings is 1. The summed E-state index contributed by atoms with van der Waals surface area (Å²) in [4.78, 5) is 24.9. The van der Waals surface area contributed by atoms with E-state index in [-0.39, 0.29) is 5.82 Å². The molecule has 6 nitrogen and oxygen atoms in total. The van der Waals surface area contributed by atoms with Gasteiger partial charge in [-0.05, 0) is 25.0 Å². The topological polar surface area (TPSA) is 90.6 Å². The summed E-state index contributed by atoms with van der Waals surface area (Å²) < 4.78 is 0. The molecular formula is C11H12N4O2. The van der Waals surface area contributed by atoms with Crippen molar-refractivity contribution in [1.82, 2.24) is 15.2 Å². The summed E-state index contributed by atoms with van der Waals surface area (Å²) >= 11 is 0. The summed E-state index contributed by atoms with van der Waals surface area (Å²) in [5.74, 6) is -0.474. The lowest BCUT2D eigenvalue weighted by atomic mass is 10.1. The van der Waals surface area contributed by atoms with Crippen LogP contribution in [0.2, 0.25) is 0 Å². The van der Waals surface area contributed by atoms with Crippen LogP contribution in [0.5, 0.6) is 0 Å². The first-order chi connectivity index (χ1) is 8.08. The fraction of sp³-hybridized carbons (Fsp3) is 0.182. The van der Waals surface area contributed by atoms with E-state index in [9.17, 15) is 9.59 Å². The van der Waals surface area contributed by atoms with E-state index in [1.54, 1.807) is 0 Å². The number of H-pyrrole nitrogens is 2. The van der Waals surface area contributed by atoms with Gasteiger partial charge in [0.1, 0.15) is 0 Å². The van der Waals surface area contributed by atoms with E-state index in [4.69, 9.17) is 0 Å². The van der Waals surface area contributed by atoms with Crippen molar-refractivity contribution in [3.8, 4) is 0 Å². The van der Waals surface area contributed by atoms with E-state index in [1.807, 2.05) is 32.0 Å². The van der Waals surface area contributed by atoms with Crippen LogP contribution >= 0.6 is 0 Å². The maximum atomic E-state index is 11.8. The highest BCUT2D eigenvalue weighted by Gasteiger charge is 2.12. The highest BCUT2D eigenvalue weighted by atomic mass is 16.2. The van der Waals surface area contributed by atoms with E-state index in [2.05, 4.69) is 20.5 Å². The molecule has 0 aliphatic heterocycles. The number of hydrogen-bond donors (Lipinski definition) is 3. The lowest BCUT2D eigenvalue weighted by Gasteiger charge is -2.09. The predicted molar refractivity (Wildman–Crippen MR) is 63.1 cm³/mol. The van der Waals surface area contributed by atoms with Crippen molar-refractivity contribution in [1.29, 1.82) is 0 Å². The molecule has 88 valence electrons. The molecule has 6 heteroatoms. The summed E-state index contributed by atoms with van der Waals surface area (Å²) in [5, 5.41) is 8.43. The highest BCUT2D eigenvalue weighted by molar-refractivity contribution is 6.02. The monoisotopic (exact) mass is 232 g/mol. The summed E-state index contributed by atoms with van der Waals surface area (Å²) in [6.07, 6.45) is 0. The first-order valence-electron chi connectivity index (χ1n) is 5.10. The zero-order valence-corrected chi connectivity index (χ0v) is 9.50. The maximum absolute atomic E-state index is 11.8. The lowest BCUT2D eigenvalue weighted by molar-refractivity contribution is 0.101. The molecule has 0 aliphatic carbocycles. The van der Waals surface area contributed by atoms with Gasteiger partial charge in [0, 0.05) is 5.69 Å². The maximum Gasteiger partial charge on any atom is 0.341 e. The van der Waals surface area contributed by atoms with E-state index in [0.717, 1.165) is 16.8 Å². The minimum Gasteiger partial charge on any atom is -0.319 e. The van der Waals surface area contributed by atoms with Crippen LogP contribution in [0.25, 0.3) is 0 Å². The molecule has 1 aromatic carbocycles. The van der Waals surface area contributed by atoms with Gasteiger partial charge in [-0.25, -0.2) is 9.89 Å². The number of hydrogen-bond acceptors (Lipinski definition) is 3. The number of rotatable bonds is 2. The third kappa shape index (κ3) is 2.25. The largest absolute Gasteiger partial charge is 0.341 e. The lowest BCUT2D eigenvalue weighted by Crippen LogP contribution is -2.16. The first-order valence-corrected chi connectivity index (χ1v) is 5.10. The SMILES string of the molecule is Cc1cccc(C)c1NC(=O)c1n[nH]c(=O)[nH]1. The molecule has 1 amide bonds. The zero-order valence-electron chi connectivity index (χ0n) is 9.50. The van der Waals surface area contributed by atoms with Crippen LogP contribution in [0, 0.1) is 13.8 Å². The van der Waals surface area contributed by atoms with Crippen molar-refractivity contribution in [2.24, 2.45) is 0 Å². The van der Waals surface area contributed by atoms with Gasteiger partial charge in [0.15, 0.2) is 0 Å². The molecule has 0 radical (unpaired) electrons. The fourth-order valence-corrected chi connectivity index (χ4v) is 1.56. The normalized spacial score (nSPS) is 10.2. The number of aromatic amines is 2. The van der Waals surface area contributed by atoms with Crippen LogP contribution in [0.15, 0.2) is 23.0 Å². The molecule has 2 aromatic rings. The van der Waals surface area contributed by atoms with Crippen LogP contribution in [0.4, 0.5) is 5.69 Å². The predicted octanol–water partition coefficient (Wildman–Crippen LogP) is 0.967. The smallest absolute Gasteiger partial charge is 0.319 e. The molecule has 0 atom stereocenters. The molecule has 0 saturated carbocycles. The standard InChI is InChI=1S/C11H12N4O2/c1-6-4-3-5-7(2)8(6)12-10(16)9-13-11(17)15-14-9/h3-5H,1-2H3,(H,12,16)(H2,13,14,15,17). The molecule has 0 bridgehead atoms. The quantitative estimate of drug-likeness (QED) is 0.720.